The molecule has 1 aromatic heterocycles. The first kappa shape index (κ1) is 26.6. The number of anilines is 5. The van der Waals surface area contributed by atoms with Gasteiger partial charge in [0.2, 0.25) is 0 Å². The predicted molar refractivity (Wildman–Crippen MR) is 189 cm³/mol. The lowest BCUT2D eigenvalue weighted by Crippen LogP contribution is -2.10. The molecule has 0 aliphatic carbocycles. The van der Waals surface area contributed by atoms with Crippen molar-refractivity contribution >= 4 is 50.4 Å². The number of para-hydroxylation sites is 4. The summed E-state index contributed by atoms with van der Waals surface area (Å²) in [4.78, 5) is 2.32. The van der Waals surface area contributed by atoms with Crippen LogP contribution in [0.2, 0.25) is 0 Å². The van der Waals surface area contributed by atoms with E-state index in [1.54, 1.807) is 0 Å². The average molecular weight is 579 g/mol. The second-order valence-corrected chi connectivity index (χ2v) is 11.1. The summed E-state index contributed by atoms with van der Waals surface area (Å²) in [6, 6.07) is 61.3. The molecule has 0 saturated carbocycles. The van der Waals surface area contributed by atoms with Gasteiger partial charge in [-0.2, -0.15) is 0 Å². The zero-order chi connectivity index (χ0) is 30.0. The van der Waals surface area contributed by atoms with Crippen LogP contribution >= 0.6 is 0 Å². The molecule has 3 nitrogen and oxygen atoms in total. The highest BCUT2D eigenvalue weighted by Gasteiger charge is 2.21. The van der Waals surface area contributed by atoms with Gasteiger partial charge in [-0.25, -0.2) is 0 Å². The van der Waals surface area contributed by atoms with E-state index in [2.05, 4.69) is 174 Å². The molecule has 45 heavy (non-hydrogen) atoms. The average Bonchev–Trinajstić information content (AvgIpc) is 3.49. The molecular formula is C42H30N2O. The molecule has 8 rings (SSSR count). The minimum Gasteiger partial charge on any atom is -0.456 e. The molecule has 0 radical (unpaired) electrons. The molecule has 0 spiro atoms. The Hall–Kier alpha value is -6.06. The van der Waals surface area contributed by atoms with Gasteiger partial charge in [0.1, 0.15) is 11.2 Å². The Labute approximate surface area is 262 Å². The van der Waals surface area contributed by atoms with Gasteiger partial charge >= 0.3 is 0 Å². The summed E-state index contributed by atoms with van der Waals surface area (Å²) in [6.07, 6.45) is 0. The SMILES string of the molecule is c1ccc(-c2cccc(-c3ccccc3)c2Nc2cc(N(c3ccccc3)c3ccccc3)c3c(c2)oc2ccccc23)cc1. The van der Waals surface area contributed by atoms with E-state index in [1.807, 2.05) is 12.1 Å². The summed E-state index contributed by atoms with van der Waals surface area (Å²) in [6.45, 7) is 0. The van der Waals surface area contributed by atoms with E-state index in [0.29, 0.717) is 0 Å². The lowest BCUT2D eigenvalue weighted by Gasteiger charge is -2.27. The van der Waals surface area contributed by atoms with Gasteiger partial charge in [0.05, 0.1) is 16.8 Å². The zero-order valence-electron chi connectivity index (χ0n) is 24.6. The quantitative estimate of drug-likeness (QED) is 0.204. The number of hydrogen-bond acceptors (Lipinski definition) is 3. The van der Waals surface area contributed by atoms with E-state index in [1.165, 1.54) is 0 Å². The van der Waals surface area contributed by atoms with Crippen molar-refractivity contribution in [2.24, 2.45) is 0 Å². The van der Waals surface area contributed by atoms with E-state index in [9.17, 15) is 0 Å². The van der Waals surface area contributed by atoms with Gasteiger partial charge < -0.3 is 14.6 Å². The molecule has 0 aliphatic rings. The number of nitrogens with zero attached hydrogens (tertiary/aromatic N) is 1. The molecule has 0 atom stereocenters. The topological polar surface area (TPSA) is 28.4 Å². The smallest absolute Gasteiger partial charge is 0.139 e. The second kappa shape index (κ2) is 11.6. The third-order valence-electron chi connectivity index (χ3n) is 8.23. The monoisotopic (exact) mass is 578 g/mol. The highest BCUT2D eigenvalue weighted by molar-refractivity contribution is 6.14. The van der Waals surface area contributed by atoms with Crippen LogP contribution < -0.4 is 10.2 Å². The van der Waals surface area contributed by atoms with Gasteiger partial charge in [0, 0.05) is 39.6 Å². The van der Waals surface area contributed by atoms with Crippen LogP contribution in [-0.4, -0.2) is 0 Å². The van der Waals surface area contributed by atoms with Crippen molar-refractivity contribution in [3.05, 3.63) is 176 Å². The van der Waals surface area contributed by atoms with Crippen LogP contribution in [0.3, 0.4) is 0 Å². The second-order valence-electron chi connectivity index (χ2n) is 11.1. The van der Waals surface area contributed by atoms with Gasteiger partial charge in [-0.3, -0.25) is 0 Å². The lowest BCUT2D eigenvalue weighted by atomic mass is 9.95. The Bertz CT molecular complexity index is 2130. The van der Waals surface area contributed by atoms with E-state index in [0.717, 1.165) is 72.6 Å². The maximum Gasteiger partial charge on any atom is 0.139 e. The third-order valence-corrected chi connectivity index (χ3v) is 8.23. The molecule has 0 saturated heterocycles. The summed E-state index contributed by atoms with van der Waals surface area (Å²) >= 11 is 0. The summed E-state index contributed by atoms with van der Waals surface area (Å²) < 4.78 is 6.56. The Morgan fingerprint density at radius 1 is 0.444 bits per heavy atom. The minimum atomic E-state index is 0.825. The van der Waals surface area contributed by atoms with Gasteiger partial charge in [0.25, 0.3) is 0 Å². The molecule has 214 valence electrons. The summed E-state index contributed by atoms with van der Waals surface area (Å²) in [5, 5.41) is 6.04. The predicted octanol–water partition coefficient (Wildman–Crippen LogP) is 12.1. The molecule has 0 unspecified atom stereocenters. The first-order valence-corrected chi connectivity index (χ1v) is 15.2. The number of furan rings is 1. The molecule has 0 fully saturated rings. The van der Waals surface area contributed by atoms with Crippen molar-refractivity contribution in [3.63, 3.8) is 0 Å². The van der Waals surface area contributed by atoms with Gasteiger partial charge in [0.15, 0.2) is 0 Å². The molecule has 0 aliphatic heterocycles. The van der Waals surface area contributed by atoms with Crippen molar-refractivity contribution in [1.29, 1.82) is 0 Å². The Morgan fingerprint density at radius 2 is 0.956 bits per heavy atom. The molecular weight excluding hydrogens is 548 g/mol. The summed E-state index contributed by atoms with van der Waals surface area (Å²) in [5.41, 5.74) is 11.4. The number of nitrogens with one attached hydrogen (secondary N) is 1. The first-order chi connectivity index (χ1) is 22.3. The standard InChI is InChI=1S/C42H30N2O/c1-5-16-30(17-6-1)35-25-15-26-36(31-18-7-2-8-19-31)42(35)43-32-28-38(41-37-24-13-14-27-39(37)45-40(41)29-32)44(33-20-9-3-10-21-33)34-22-11-4-12-23-34/h1-29,43H. The van der Waals surface area contributed by atoms with Crippen molar-refractivity contribution in [1.82, 2.24) is 0 Å². The van der Waals surface area contributed by atoms with Crippen LogP contribution in [0, 0.1) is 0 Å². The first-order valence-electron chi connectivity index (χ1n) is 15.2. The van der Waals surface area contributed by atoms with Crippen molar-refractivity contribution < 1.29 is 4.42 Å². The fourth-order valence-electron chi connectivity index (χ4n) is 6.21. The van der Waals surface area contributed by atoms with Crippen LogP contribution in [0.25, 0.3) is 44.2 Å². The van der Waals surface area contributed by atoms with E-state index in [4.69, 9.17) is 4.42 Å². The number of benzene rings is 7. The molecule has 0 bridgehead atoms. The summed E-state index contributed by atoms with van der Waals surface area (Å²) in [7, 11) is 0. The normalized spacial score (nSPS) is 11.1. The van der Waals surface area contributed by atoms with Gasteiger partial charge in [-0.15, -0.1) is 0 Å². The van der Waals surface area contributed by atoms with Crippen LogP contribution in [-0.2, 0) is 0 Å². The van der Waals surface area contributed by atoms with Crippen molar-refractivity contribution in [3.8, 4) is 22.3 Å². The van der Waals surface area contributed by atoms with Crippen molar-refractivity contribution in [2.45, 2.75) is 0 Å². The zero-order valence-corrected chi connectivity index (χ0v) is 24.6. The Balaban J connectivity index is 1.39. The fraction of sp³-hybridized carbons (Fsp3) is 0. The highest BCUT2D eigenvalue weighted by Crippen LogP contribution is 2.46. The number of rotatable bonds is 7. The van der Waals surface area contributed by atoms with Crippen LogP contribution in [0.15, 0.2) is 180 Å². The van der Waals surface area contributed by atoms with Crippen LogP contribution in [0.1, 0.15) is 0 Å². The largest absolute Gasteiger partial charge is 0.456 e. The highest BCUT2D eigenvalue weighted by atomic mass is 16.3. The Kier molecular flexibility index (Phi) is 6.82. The molecule has 3 heteroatoms. The maximum atomic E-state index is 6.56. The van der Waals surface area contributed by atoms with Gasteiger partial charge in [-0.05, 0) is 47.5 Å². The lowest BCUT2D eigenvalue weighted by molar-refractivity contribution is 0.669. The fourth-order valence-corrected chi connectivity index (χ4v) is 6.21. The van der Waals surface area contributed by atoms with Gasteiger partial charge in [-0.1, -0.05) is 133 Å². The van der Waals surface area contributed by atoms with Crippen LogP contribution in [0.4, 0.5) is 28.4 Å². The maximum absolute atomic E-state index is 6.56. The molecule has 7 aromatic carbocycles. The molecule has 1 heterocycles. The Morgan fingerprint density at radius 3 is 1.53 bits per heavy atom. The van der Waals surface area contributed by atoms with E-state index < -0.39 is 0 Å². The number of hydrogen-bond donors (Lipinski definition) is 1. The summed E-state index contributed by atoms with van der Waals surface area (Å²) in [5.74, 6) is 0. The number of fused-ring (bicyclic) bond motifs is 3. The van der Waals surface area contributed by atoms with E-state index >= 15 is 0 Å². The third kappa shape index (κ3) is 5.01. The van der Waals surface area contributed by atoms with E-state index in [-0.39, 0.29) is 0 Å². The van der Waals surface area contributed by atoms with Crippen LogP contribution in [0.5, 0.6) is 0 Å². The molecule has 1 N–H and O–H groups in total. The molecule has 0 amide bonds. The molecule has 8 aromatic rings. The van der Waals surface area contributed by atoms with Crippen molar-refractivity contribution in [2.75, 3.05) is 10.2 Å². The minimum absolute atomic E-state index is 0.825.